The Morgan fingerprint density at radius 3 is 2.32 bits per heavy atom. The van der Waals surface area contributed by atoms with Gasteiger partial charge in [-0.3, -0.25) is 9.88 Å². The molecule has 8 heteroatoms. The summed E-state index contributed by atoms with van der Waals surface area (Å²) in [6.07, 6.45) is 3.47. The minimum Gasteiger partial charge on any atom is -0.367 e. The van der Waals surface area contributed by atoms with Gasteiger partial charge in [-0.2, -0.15) is 0 Å². The number of benzene rings is 2. The minimum absolute atomic E-state index is 0.171. The lowest BCUT2D eigenvalue weighted by molar-refractivity contribution is 0.186. The number of para-hydroxylation sites is 1. The van der Waals surface area contributed by atoms with E-state index in [1.807, 2.05) is 23.1 Å². The highest BCUT2D eigenvalue weighted by Crippen LogP contribution is 2.25. The molecule has 1 atom stereocenters. The highest BCUT2D eigenvalue weighted by atomic mass is 32.2. The molecule has 3 aromatic rings. The van der Waals surface area contributed by atoms with E-state index < -0.39 is 10.0 Å². The second kappa shape index (κ2) is 9.55. The fourth-order valence-corrected chi connectivity index (χ4v) is 4.94. The summed E-state index contributed by atoms with van der Waals surface area (Å²) >= 11 is 0. The van der Waals surface area contributed by atoms with Gasteiger partial charge in [0.15, 0.2) is 0 Å². The summed E-state index contributed by atoms with van der Waals surface area (Å²) in [5.74, 6) is -0.226. The van der Waals surface area contributed by atoms with Crippen LogP contribution in [-0.4, -0.2) is 51.0 Å². The molecule has 0 aliphatic carbocycles. The molecular formula is C23H25FN4O2S. The lowest BCUT2D eigenvalue weighted by Crippen LogP contribution is -2.50. The van der Waals surface area contributed by atoms with Crippen molar-refractivity contribution in [2.75, 3.05) is 37.6 Å². The first-order valence-electron chi connectivity index (χ1n) is 10.2. The van der Waals surface area contributed by atoms with Crippen molar-refractivity contribution in [1.29, 1.82) is 0 Å². The molecule has 2 aromatic carbocycles. The van der Waals surface area contributed by atoms with Gasteiger partial charge in [0.1, 0.15) is 5.82 Å². The zero-order valence-corrected chi connectivity index (χ0v) is 17.9. The predicted molar refractivity (Wildman–Crippen MR) is 119 cm³/mol. The van der Waals surface area contributed by atoms with E-state index in [0.29, 0.717) is 31.9 Å². The van der Waals surface area contributed by atoms with E-state index in [9.17, 15) is 12.8 Å². The average Bonchev–Trinajstić information content (AvgIpc) is 2.81. The van der Waals surface area contributed by atoms with Crippen molar-refractivity contribution < 1.29 is 12.8 Å². The van der Waals surface area contributed by atoms with E-state index in [1.165, 1.54) is 6.07 Å². The summed E-state index contributed by atoms with van der Waals surface area (Å²) in [6, 6.07) is 18.8. The zero-order chi connectivity index (χ0) is 21.7. The molecule has 4 rings (SSSR count). The van der Waals surface area contributed by atoms with Crippen LogP contribution >= 0.6 is 0 Å². The van der Waals surface area contributed by atoms with Crippen LogP contribution in [0.4, 0.5) is 10.1 Å². The molecule has 6 nitrogen and oxygen atoms in total. The Morgan fingerprint density at radius 2 is 1.65 bits per heavy atom. The fraction of sp³-hybridized carbons (Fsp3) is 0.261. The second-order valence-electron chi connectivity index (χ2n) is 7.44. The molecule has 0 spiro atoms. The van der Waals surface area contributed by atoms with Crippen molar-refractivity contribution in [2.24, 2.45) is 0 Å². The number of hydrogen-bond acceptors (Lipinski definition) is 5. The van der Waals surface area contributed by atoms with Gasteiger partial charge in [0, 0.05) is 45.1 Å². The smallest absolute Gasteiger partial charge is 0.240 e. The highest BCUT2D eigenvalue weighted by Gasteiger charge is 2.27. The number of nitrogens with zero attached hydrogens (tertiary/aromatic N) is 3. The van der Waals surface area contributed by atoms with Gasteiger partial charge in [-0.25, -0.2) is 17.5 Å². The number of piperazine rings is 1. The van der Waals surface area contributed by atoms with Crippen LogP contribution in [0.1, 0.15) is 11.6 Å². The molecule has 1 aliphatic heterocycles. The van der Waals surface area contributed by atoms with Crippen LogP contribution in [0, 0.1) is 5.82 Å². The molecule has 1 aliphatic rings. The number of aromatic nitrogens is 1. The van der Waals surface area contributed by atoms with Crippen molar-refractivity contribution in [3.05, 3.63) is 90.5 Å². The molecule has 1 N–H and O–H groups in total. The first-order chi connectivity index (χ1) is 15.0. The van der Waals surface area contributed by atoms with Crippen LogP contribution in [0.15, 0.2) is 84.0 Å². The molecule has 1 saturated heterocycles. The van der Waals surface area contributed by atoms with Crippen LogP contribution in [-0.2, 0) is 10.0 Å². The van der Waals surface area contributed by atoms with Gasteiger partial charge < -0.3 is 4.90 Å². The molecule has 1 fully saturated rings. The molecule has 31 heavy (non-hydrogen) atoms. The first-order valence-corrected chi connectivity index (χ1v) is 11.7. The minimum atomic E-state index is -3.62. The first kappa shape index (κ1) is 21.4. The molecule has 0 radical (unpaired) electrons. The Balaban J connectivity index is 1.48. The molecule has 2 heterocycles. The van der Waals surface area contributed by atoms with Crippen molar-refractivity contribution in [3.8, 4) is 0 Å². The molecule has 162 valence electrons. The topological polar surface area (TPSA) is 65.5 Å². The van der Waals surface area contributed by atoms with Gasteiger partial charge in [-0.1, -0.05) is 36.4 Å². The Hall–Kier alpha value is -2.81. The number of nitrogens with one attached hydrogen (secondary N) is 1. The lowest BCUT2D eigenvalue weighted by atomic mass is 10.1. The zero-order valence-electron chi connectivity index (χ0n) is 17.1. The van der Waals surface area contributed by atoms with Gasteiger partial charge in [0.2, 0.25) is 10.0 Å². The number of anilines is 1. The van der Waals surface area contributed by atoms with E-state index in [-0.39, 0.29) is 23.3 Å². The Labute approximate surface area is 182 Å². The summed E-state index contributed by atoms with van der Waals surface area (Å²) < 4.78 is 42.4. The van der Waals surface area contributed by atoms with Crippen molar-refractivity contribution in [2.45, 2.75) is 10.9 Å². The van der Waals surface area contributed by atoms with Crippen molar-refractivity contribution >= 4 is 15.7 Å². The Morgan fingerprint density at radius 1 is 0.935 bits per heavy atom. The van der Waals surface area contributed by atoms with Crippen LogP contribution < -0.4 is 9.62 Å². The van der Waals surface area contributed by atoms with Gasteiger partial charge in [0.05, 0.1) is 16.6 Å². The highest BCUT2D eigenvalue weighted by molar-refractivity contribution is 7.89. The third kappa shape index (κ3) is 5.10. The van der Waals surface area contributed by atoms with Crippen LogP contribution in [0.2, 0.25) is 0 Å². The maximum atomic E-state index is 14.2. The molecule has 0 unspecified atom stereocenters. The molecule has 0 saturated carbocycles. The van der Waals surface area contributed by atoms with Gasteiger partial charge in [0.25, 0.3) is 0 Å². The van der Waals surface area contributed by atoms with E-state index in [0.717, 1.165) is 5.56 Å². The quantitative estimate of drug-likeness (QED) is 0.612. The van der Waals surface area contributed by atoms with Crippen molar-refractivity contribution in [1.82, 2.24) is 14.6 Å². The van der Waals surface area contributed by atoms with E-state index >= 15 is 0 Å². The molecule has 0 amide bonds. The maximum absolute atomic E-state index is 14.2. The molecule has 1 aromatic heterocycles. The number of rotatable bonds is 7. The third-order valence-corrected chi connectivity index (χ3v) is 6.98. The van der Waals surface area contributed by atoms with Crippen LogP contribution in [0.25, 0.3) is 0 Å². The predicted octanol–water partition coefficient (Wildman–Crippen LogP) is 3.06. The number of hydrogen-bond donors (Lipinski definition) is 1. The Bertz CT molecular complexity index is 1090. The summed E-state index contributed by atoms with van der Waals surface area (Å²) in [6.45, 7) is 2.90. The number of pyridine rings is 1. The average molecular weight is 441 g/mol. The molecule has 0 bridgehead atoms. The monoisotopic (exact) mass is 440 g/mol. The van der Waals surface area contributed by atoms with E-state index in [2.05, 4.69) is 14.6 Å². The van der Waals surface area contributed by atoms with Gasteiger partial charge in [-0.15, -0.1) is 0 Å². The van der Waals surface area contributed by atoms with Crippen molar-refractivity contribution in [3.63, 3.8) is 0 Å². The summed E-state index contributed by atoms with van der Waals surface area (Å²) in [4.78, 5) is 8.71. The molecular weight excluding hydrogens is 415 g/mol. The second-order valence-corrected chi connectivity index (χ2v) is 9.21. The lowest BCUT2D eigenvalue weighted by Gasteiger charge is -2.40. The maximum Gasteiger partial charge on any atom is 0.240 e. The summed E-state index contributed by atoms with van der Waals surface area (Å²) in [5.41, 5.74) is 1.54. The van der Waals surface area contributed by atoms with Gasteiger partial charge >= 0.3 is 0 Å². The SMILES string of the molecule is O=S(=O)(NC[C@H](c1cccnc1)N1CCN(c2ccccc2F)CC1)c1ccccc1. The normalized spacial score (nSPS) is 16.2. The van der Waals surface area contributed by atoms with E-state index in [1.54, 1.807) is 54.9 Å². The summed E-state index contributed by atoms with van der Waals surface area (Å²) in [5, 5.41) is 0. The van der Waals surface area contributed by atoms with E-state index in [4.69, 9.17) is 0 Å². The van der Waals surface area contributed by atoms with Crippen LogP contribution in [0.3, 0.4) is 0 Å². The standard InChI is InChI=1S/C23H25FN4O2S/c24-21-10-4-5-11-22(21)27-13-15-28(16-14-27)23(19-7-6-12-25-17-19)18-26-31(29,30)20-8-2-1-3-9-20/h1-12,17,23,26H,13-16,18H2/t23-/m1/s1. The van der Waals surface area contributed by atoms with Crippen LogP contribution in [0.5, 0.6) is 0 Å². The number of halogens is 1. The Kier molecular flexibility index (Phi) is 6.60. The number of sulfonamides is 1. The van der Waals surface area contributed by atoms with Gasteiger partial charge in [-0.05, 0) is 35.9 Å². The summed E-state index contributed by atoms with van der Waals surface area (Å²) in [7, 11) is -3.62. The third-order valence-electron chi connectivity index (χ3n) is 5.54. The largest absolute Gasteiger partial charge is 0.367 e. The fourth-order valence-electron chi connectivity index (χ4n) is 3.89.